The van der Waals surface area contributed by atoms with Gasteiger partial charge in [-0.25, -0.2) is 0 Å². The lowest BCUT2D eigenvalue weighted by Crippen LogP contribution is -2.13. The molecule has 2 nitrogen and oxygen atoms in total. The van der Waals surface area contributed by atoms with Gasteiger partial charge in [-0.1, -0.05) is 37.3 Å². The van der Waals surface area contributed by atoms with Crippen LogP contribution in [0.2, 0.25) is 0 Å². The summed E-state index contributed by atoms with van der Waals surface area (Å²) < 4.78 is 4.98. The lowest BCUT2D eigenvalue weighted by atomic mass is 9.97. The number of carbonyl (C=O) groups is 1. The fourth-order valence-electron chi connectivity index (χ4n) is 1.81. The van der Waals surface area contributed by atoms with E-state index in [1.165, 1.54) is 5.56 Å². The smallest absolute Gasteiger partial charge is 0.135 e. The van der Waals surface area contributed by atoms with Gasteiger partial charge in [0, 0.05) is 26.1 Å². The third-order valence-electron chi connectivity index (χ3n) is 3.04. The van der Waals surface area contributed by atoms with Crippen LogP contribution < -0.4 is 0 Å². The molecule has 94 valence electrons. The fourth-order valence-corrected chi connectivity index (χ4v) is 1.81. The Bertz CT molecular complexity index is 319. The summed E-state index contributed by atoms with van der Waals surface area (Å²) in [5.41, 5.74) is 1.31. The Morgan fingerprint density at radius 3 is 2.65 bits per heavy atom. The molecule has 0 spiro atoms. The van der Waals surface area contributed by atoms with Crippen LogP contribution in [0.1, 0.15) is 31.7 Å². The number of ketones is 1. The lowest BCUT2D eigenvalue weighted by molar-refractivity contribution is -0.123. The highest BCUT2D eigenvalue weighted by atomic mass is 16.5. The van der Waals surface area contributed by atoms with E-state index in [-0.39, 0.29) is 5.92 Å². The van der Waals surface area contributed by atoms with Gasteiger partial charge < -0.3 is 4.74 Å². The zero-order chi connectivity index (χ0) is 12.5. The van der Waals surface area contributed by atoms with E-state index in [9.17, 15) is 4.79 Å². The van der Waals surface area contributed by atoms with E-state index in [1.54, 1.807) is 7.11 Å². The van der Waals surface area contributed by atoms with Gasteiger partial charge in [-0.05, 0) is 24.8 Å². The molecule has 1 unspecified atom stereocenters. The van der Waals surface area contributed by atoms with Crippen molar-refractivity contribution in [2.45, 2.75) is 32.6 Å². The van der Waals surface area contributed by atoms with Crippen molar-refractivity contribution < 1.29 is 9.53 Å². The molecule has 0 bridgehead atoms. The summed E-state index contributed by atoms with van der Waals surface area (Å²) in [5.74, 6) is 0.490. The van der Waals surface area contributed by atoms with Crippen molar-refractivity contribution in [2.75, 3.05) is 13.7 Å². The Morgan fingerprint density at radius 2 is 2.00 bits per heavy atom. The molecule has 1 rings (SSSR count). The van der Waals surface area contributed by atoms with E-state index in [0.29, 0.717) is 18.8 Å². The number of carbonyl (C=O) groups excluding carboxylic acids is 1. The van der Waals surface area contributed by atoms with Crippen molar-refractivity contribution in [3.8, 4) is 0 Å². The second kappa shape index (κ2) is 8.02. The van der Waals surface area contributed by atoms with Gasteiger partial charge in [-0.15, -0.1) is 0 Å². The molecular weight excluding hydrogens is 212 g/mol. The number of hydrogen-bond donors (Lipinski definition) is 0. The third-order valence-corrected chi connectivity index (χ3v) is 3.04. The molecule has 1 aromatic carbocycles. The van der Waals surface area contributed by atoms with Crippen LogP contribution >= 0.6 is 0 Å². The van der Waals surface area contributed by atoms with E-state index in [0.717, 1.165) is 19.3 Å². The summed E-state index contributed by atoms with van der Waals surface area (Å²) in [4.78, 5) is 11.8. The quantitative estimate of drug-likeness (QED) is 0.690. The fraction of sp³-hybridized carbons (Fsp3) is 0.533. The highest BCUT2D eigenvalue weighted by Crippen LogP contribution is 2.10. The van der Waals surface area contributed by atoms with Crippen molar-refractivity contribution in [1.82, 2.24) is 0 Å². The molecule has 0 N–H and O–H groups in total. The predicted molar refractivity (Wildman–Crippen MR) is 70.0 cm³/mol. The Labute approximate surface area is 104 Å². The van der Waals surface area contributed by atoms with Crippen LogP contribution in [0.25, 0.3) is 0 Å². The zero-order valence-corrected chi connectivity index (χ0v) is 10.8. The SMILES string of the molecule is COCCC(C)C(=O)CCCc1ccccc1. The van der Waals surface area contributed by atoms with Gasteiger partial charge in [0.1, 0.15) is 5.78 Å². The van der Waals surface area contributed by atoms with Gasteiger partial charge >= 0.3 is 0 Å². The number of rotatable bonds is 8. The minimum absolute atomic E-state index is 0.130. The van der Waals surface area contributed by atoms with Crippen LogP contribution in [0.3, 0.4) is 0 Å². The van der Waals surface area contributed by atoms with Crippen LogP contribution in [-0.2, 0) is 16.0 Å². The van der Waals surface area contributed by atoms with Crippen LogP contribution in [-0.4, -0.2) is 19.5 Å². The maximum absolute atomic E-state index is 11.8. The van der Waals surface area contributed by atoms with Gasteiger partial charge in [0.05, 0.1) is 0 Å². The Kier molecular flexibility index (Phi) is 6.56. The molecule has 1 aromatic rings. The summed E-state index contributed by atoms with van der Waals surface area (Å²) in [5, 5.41) is 0. The molecule has 17 heavy (non-hydrogen) atoms. The van der Waals surface area contributed by atoms with Crippen molar-refractivity contribution >= 4 is 5.78 Å². The predicted octanol–water partition coefficient (Wildman–Crippen LogP) is 3.25. The zero-order valence-electron chi connectivity index (χ0n) is 10.8. The van der Waals surface area contributed by atoms with E-state index in [1.807, 2.05) is 25.1 Å². The minimum Gasteiger partial charge on any atom is -0.385 e. The topological polar surface area (TPSA) is 26.3 Å². The lowest BCUT2D eigenvalue weighted by Gasteiger charge is -2.09. The van der Waals surface area contributed by atoms with Crippen LogP contribution in [0.5, 0.6) is 0 Å². The highest BCUT2D eigenvalue weighted by Gasteiger charge is 2.11. The number of ether oxygens (including phenoxy) is 1. The second-order valence-electron chi connectivity index (χ2n) is 4.49. The maximum Gasteiger partial charge on any atom is 0.135 e. The minimum atomic E-state index is 0.130. The first-order valence-electron chi connectivity index (χ1n) is 6.29. The Morgan fingerprint density at radius 1 is 1.29 bits per heavy atom. The summed E-state index contributed by atoms with van der Waals surface area (Å²) in [7, 11) is 1.67. The van der Waals surface area contributed by atoms with E-state index in [4.69, 9.17) is 4.74 Å². The Balaban J connectivity index is 2.20. The van der Waals surface area contributed by atoms with Crippen LogP contribution in [0.4, 0.5) is 0 Å². The number of benzene rings is 1. The molecular formula is C15H22O2. The van der Waals surface area contributed by atoms with Gasteiger partial charge in [-0.2, -0.15) is 0 Å². The molecule has 0 amide bonds. The molecule has 0 aliphatic carbocycles. The molecule has 2 heteroatoms. The number of Topliss-reactive ketones (excluding diaryl/α,β-unsaturated/α-hetero) is 1. The standard InChI is InChI=1S/C15H22O2/c1-13(11-12-17-2)15(16)10-6-9-14-7-4-3-5-8-14/h3-5,7-8,13H,6,9-12H2,1-2H3. The summed E-state index contributed by atoms with van der Waals surface area (Å²) >= 11 is 0. The first-order valence-corrected chi connectivity index (χ1v) is 6.29. The van der Waals surface area contributed by atoms with Crippen molar-refractivity contribution in [3.05, 3.63) is 35.9 Å². The molecule has 0 saturated carbocycles. The number of methoxy groups -OCH3 is 1. The molecule has 1 atom stereocenters. The molecule has 0 saturated heterocycles. The molecule has 0 aromatic heterocycles. The first-order chi connectivity index (χ1) is 8.24. The van der Waals surface area contributed by atoms with Crippen molar-refractivity contribution in [3.63, 3.8) is 0 Å². The van der Waals surface area contributed by atoms with E-state index in [2.05, 4.69) is 12.1 Å². The average Bonchev–Trinajstić information content (AvgIpc) is 2.37. The molecule has 0 fully saturated rings. The largest absolute Gasteiger partial charge is 0.385 e. The molecule has 0 aliphatic heterocycles. The normalized spacial score (nSPS) is 12.4. The first kappa shape index (κ1) is 13.9. The van der Waals surface area contributed by atoms with Gasteiger partial charge in [0.2, 0.25) is 0 Å². The average molecular weight is 234 g/mol. The summed E-state index contributed by atoms with van der Waals surface area (Å²) in [6, 6.07) is 10.3. The van der Waals surface area contributed by atoms with Gasteiger partial charge in [-0.3, -0.25) is 4.79 Å². The molecule has 0 heterocycles. The summed E-state index contributed by atoms with van der Waals surface area (Å²) in [6.45, 7) is 2.66. The maximum atomic E-state index is 11.8. The van der Waals surface area contributed by atoms with Gasteiger partial charge in [0.25, 0.3) is 0 Å². The van der Waals surface area contributed by atoms with E-state index >= 15 is 0 Å². The van der Waals surface area contributed by atoms with Crippen molar-refractivity contribution in [1.29, 1.82) is 0 Å². The number of hydrogen-bond acceptors (Lipinski definition) is 2. The molecule has 0 aliphatic rings. The number of aryl methyl sites for hydroxylation is 1. The van der Waals surface area contributed by atoms with Crippen LogP contribution in [0.15, 0.2) is 30.3 Å². The second-order valence-corrected chi connectivity index (χ2v) is 4.49. The van der Waals surface area contributed by atoms with E-state index < -0.39 is 0 Å². The third kappa shape index (κ3) is 5.64. The Hall–Kier alpha value is -1.15. The van der Waals surface area contributed by atoms with Crippen LogP contribution in [0, 0.1) is 5.92 Å². The molecule has 0 radical (unpaired) electrons. The summed E-state index contributed by atoms with van der Waals surface area (Å²) in [6.07, 6.45) is 3.45. The van der Waals surface area contributed by atoms with Gasteiger partial charge in [0.15, 0.2) is 0 Å². The monoisotopic (exact) mass is 234 g/mol. The highest BCUT2D eigenvalue weighted by molar-refractivity contribution is 5.80. The van der Waals surface area contributed by atoms with Crippen molar-refractivity contribution in [2.24, 2.45) is 5.92 Å².